The number of hydrogen-bond donors (Lipinski definition) is 2. The third-order valence-electron chi connectivity index (χ3n) is 8.82. The van der Waals surface area contributed by atoms with E-state index in [0.717, 1.165) is 42.4 Å². The largest absolute Gasteiger partial charge is 0.497 e. The van der Waals surface area contributed by atoms with Gasteiger partial charge in [-0.1, -0.05) is 34.4 Å². The van der Waals surface area contributed by atoms with E-state index in [1.807, 2.05) is 12.1 Å². The standard InChI is InChI=1S/C39H40F2N3O7P/c1-25-17-19-43(20-18-25)31-12-7-28(8-13-31)38(49)51-32-14-3-26(4-15-32)23-44(24-36(46)47)37(48)27-5-10-30(11-6-27)42-35(45)21-29-9-16-33(50-2)22-34(29)39(40,41)52/h3-16,22,25H,17-21,23-24,52H2,1-2H3,(H,42,45)(H,46,47). The van der Waals surface area contributed by atoms with E-state index in [1.165, 1.54) is 58.8 Å². The SMILES string of the molecule is COc1ccc(CC(=O)Nc2ccc(C(=O)N(CC(=O)O)Cc3ccc(OC(=O)c4ccc(N5CCC(C)CC5)cc4)cc3)cc2)c(C(F)(F)P)c1. The van der Waals surface area contributed by atoms with Crippen LogP contribution >= 0.6 is 9.24 Å². The smallest absolute Gasteiger partial charge is 0.343 e. The topological polar surface area (TPSA) is 125 Å². The van der Waals surface area contributed by atoms with Crippen molar-refractivity contribution in [1.82, 2.24) is 4.90 Å². The minimum atomic E-state index is -3.28. The van der Waals surface area contributed by atoms with Crippen molar-refractivity contribution in [1.29, 1.82) is 0 Å². The normalized spacial score (nSPS) is 13.3. The zero-order chi connectivity index (χ0) is 37.4. The Kier molecular flexibility index (Phi) is 12.2. The number of anilines is 2. The molecule has 0 aromatic heterocycles. The van der Waals surface area contributed by atoms with Crippen LogP contribution in [-0.4, -0.2) is 60.5 Å². The quantitative estimate of drug-likeness (QED) is 0.0858. The van der Waals surface area contributed by atoms with Crippen LogP contribution in [0.15, 0.2) is 91.0 Å². The Balaban J connectivity index is 1.18. The van der Waals surface area contributed by atoms with E-state index in [-0.39, 0.29) is 35.4 Å². The number of carbonyl (C=O) groups excluding carboxylic acids is 3. The lowest BCUT2D eigenvalue weighted by molar-refractivity contribution is -0.137. The Morgan fingerprint density at radius 3 is 2.12 bits per heavy atom. The Morgan fingerprint density at radius 2 is 1.52 bits per heavy atom. The highest BCUT2D eigenvalue weighted by atomic mass is 31.0. The molecule has 1 aliphatic heterocycles. The molecule has 0 radical (unpaired) electrons. The van der Waals surface area contributed by atoms with Gasteiger partial charge >= 0.3 is 11.9 Å². The zero-order valence-electron chi connectivity index (χ0n) is 28.8. The molecule has 5 rings (SSSR count). The molecule has 4 aromatic rings. The maximum Gasteiger partial charge on any atom is 0.343 e. The number of rotatable bonds is 13. The number of methoxy groups -OCH3 is 1. The molecule has 0 saturated carbocycles. The van der Waals surface area contributed by atoms with E-state index in [2.05, 4.69) is 17.1 Å². The average molecular weight is 732 g/mol. The van der Waals surface area contributed by atoms with Gasteiger partial charge in [-0.3, -0.25) is 14.4 Å². The lowest BCUT2D eigenvalue weighted by atomic mass is 9.99. The number of carboxylic acids is 1. The molecule has 1 aliphatic rings. The molecule has 52 heavy (non-hydrogen) atoms. The second-order valence-electron chi connectivity index (χ2n) is 12.8. The highest BCUT2D eigenvalue weighted by molar-refractivity contribution is 7.17. The van der Waals surface area contributed by atoms with Gasteiger partial charge in [0.25, 0.3) is 11.6 Å². The second kappa shape index (κ2) is 16.8. The summed E-state index contributed by atoms with van der Waals surface area (Å²) in [6.07, 6.45) is 1.94. The molecule has 2 N–H and O–H groups in total. The van der Waals surface area contributed by atoms with Gasteiger partial charge in [-0.15, -0.1) is 0 Å². The van der Waals surface area contributed by atoms with Crippen molar-refractivity contribution >= 4 is 44.4 Å². The first-order chi connectivity index (χ1) is 24.8. The lowest BCUT2D eigenvalue weighted by Crippen LogP contribution is -2.35. The van der Waals surface area contributed by atoms with E-state index in [0.29, 0.717) is 22.6 Å². The van der Waals surface area contributed by atoms with Crippen molar-refractivity contribution in [2.45, 2.75) is 38.4 Å². The molecule has 1 saturated heterocycles. The van der Waals surface area contributed by atoms with E-state index < -0.39 is 36.0 Å². The van der Waals surface area contributed by atoms with E-state index >= 15 is 0 Å². The fourth-order valence-corrected chi connectivity index (χ4v) is 6.16. The Bertz CT molecular complexity index is 1890. The number of carbonyl (C=O) groups is 4. The number of nitrogens with zero attached hydrogens (tertiary/aromatic N) is 2. The Labute approximate surface area is 302 Å². The third kappa shape index (κ3) is 10.1. The van der Waals surface area contributed by atoms with Crippen molar-refractivity contribution in [3.8, 4) is 11.5 Å². The Morgan fingerprint density at radius 1 is 0.904 bits per heavy atom. The molecule has 1 fully saturated rings. The number of hydrogen-bond acceptors (Lipinski definition) is 7. The number of esters is 1. The molecule has 4 aromatic carbocycles. The molecule has 10 nitrogen and oxygen atoms in total. The summed E-state index contributed by atoms with van der Waals surface area (Å²) in [5.41, 5.74) is -0.942. The van der Waals surface area contributed by atoms with Crippen LogP contribution in [-0.2, 0) is 28.2 Å². The molecule has 0 spiro atoms. The summed E-state index contributed by atoms with van der Waals surface area (Å²) in [6.45, 7) is 3.61. The highest BCUT2D eigenvalue weighted by Gasteiger charge is 2.29. The van der Waals surface area contributed by atoms with Gasteiger partial charge in [0.15, 0.2) is 0 Å². The molecular weight excluding hydrogens is 691 g/mol. The van der Waals surface area contributed by atoms with Gasteiger partial charge in [0, 0.05) is 42.1 Å². The number of carboxylic acid groups (broad SMARTS) is 1. The second-order valence-corrected chi connectivity index (χ2v) is 13.5. The van der Waals surface area contributed by atoms with E-state index in [1.54, 1.807) is 36.4 Å². The Hall–Kier alpha value is -5.35. The van der Waals surface area contributed by atoms with Crippen molar-refractivity contribution in [3.63, 3.8) is 0 Å². The summed E-state index contributed by atoms with van der Waals surface area (Å²) >= 11 is 0. The maximum absolute atomic E-state index is 14.2. The fourth-order valence-electron chi connectivity index (χ4n) is 5.89. The van der Waals surface area contributed by atoms with Crippen LogP contribution < -0.4 is 19.7 Å². The monoisotopic (exact) mass is 731 g/mol. The minimum Gasteiger partial charge on any atom is -0.497 e. The van der Waals surface area contributed by atoms with Crippen molar-refractivity contribution in [2.24, 2.45) is 5.92 Å². The number of alkyl halides is 2. The molecular formula is C39H40F2N3O7P. The molecule has 0 bridgehead atoms. The first-order valence-electron chi connectivity index (χ1n) is 16.7. The van der Waals surface area contributed by atoms with Crippen molar-refractivity contribution in [3.05, 3.63) is 119 Å². The number of halogens is 2. The van der Waals surface area contributed by atoms with Gasteiger partial charge in [0.2, 0.25) is 5.91 Å². The predicted molar refractivity (Wildman–Crippen MR) is 196 cm³/mol. The summed E-state index contributed by atoms with van der Waals surface area (Å²) < 4.78 is 38.9. The van der Waals surface area contributed by atoms with Crippen LogP contribution in [0.25, 0.3) is 0 Å². The van der Waals surface area contributed by atoms with Crippen LogP contribution in [0.1, 0.15) is 57.2 Å². The molecule has 1 unspecified atom stereocenters. The number of nitrogens with one attached hydrogen (secondary N) is 1. The van der Waals surface area contributed by atoms with E-state index in [4.69, 9.17) is 9.47 Å². The summed E-state index contributed by atoms with van der Waals surface area (Å²) in [7, 11) is 2.81. The molecule has 1 atom stereocenters. The minimum absolute atomic E-state index is 0.0425. The highest BCUT2D eigenvalue weighted by Crippen LogP contribution is 2.39. The number of benzene rings is 4. The molecule has 1 heterocycles. The average Bonchev–Trinajstić information content (AvgIpc) is 3.12. The summed E-state index contributed by atoms with van der Waals surface area (Å²) in [5.74, 6) is -1.60. The number of ether oxygens (including phenoxy) is 2. The van der Waals surface area contributed by atoms with Gasteiger partial charge < -0.3 is 29.7 Å². The predicted octanol–water partition coefficient (Wildman–Crippen LogP) is 6.98. The zero-order valence-corrected chi connectivity index (χ0v) is 30.0. The molecule has 272 valence electrons. The lowest BCUT2D eigenvalue weighted by Gasteiger charge is -2.32. The molecule has 13 heteroatoms. The van der Waals surface area contributed by atoms with Crippen molar-refractivity contribution in [2.75, 3.05) is 37.0 Å². The fraction of sp³-hybridized carbons (Fsp3) is 0.282. The van der Waals surface area contributed by atoms with Crippen LogP contribution in [0, 0.1) is 5.92 Å². The van der Waals surface area contributed by atoms with Crippen LogP contribution in [0.4, 0.5) is 20.2 Å². The maximum atomic E-state index is 14.2. The number of aliphatic carboxylic acids is 1. The summed E-state index contributed by atoms with van der Waals surface area (Å²) in [4.78, 5) is 54.0. The molecule has 2 amide bonds. The van der Waals surface area contributed by atoms with Crippen LogP contribution in [0.5, 0.6) is 11.5 Å². The van der Waals surface area contributed by atoms with Gasteiger partial charge in [-0.2, -0.15) is 8.78 Å². The van der Waals surface area contributed by atoms with Gasteiger partial charge in [0.1, 0.15) is 18.0 Å². The summed E-state index contributed by atoms with van der Waals surface area (Å²) in [5, 5.41) is 12.2. The van der Waals surface area contributed by atoms with Crippen molar-refractivity contribution < 1.29 is 42.5 Å². The van der Waals surface area contributed by atoms with E-state index in [9.17, 15) is 33.1 Å². The first-order valence-corrected chi connectivity index (χ1v) is 17.3. The van der Waals surface area contributed by atoms with Gasteiger partial charge in [-0.05, 0) is 103 Å². The number of amides is 2. The summed E-state index contributed by atoms with van der Waals surface area (Å²) in [6, 6.07) is 23.6. The van der Waals surface area contributed by atoms with Crippen LogP contribution in [0.3, 0.4) is 0 Å². The first kappa shape index (κ1) is 37.9. The van der Waals surface area contributed by atoms with Gasteiger partial charge in [-0.25, -0.2) is 4.79 Å². The molecule has 0 aliphatic carbocycles. The third-order valence-corrected chi connectivity index (χ3v) is 9.13. The van der Waals surface area contributed by atoms with Crippen LogP contribution in [0.2, 0.25) is 0 Å². The number of piperidine rings is 1. The van der Waals surface area contributed by atoms with Gasteiger partial charge in [0.05, 0.1) is 19.1 Å².